The van der Waals surface area contributed by atoms with Gasteiger partial charge in [0.2, 0.25) is 0 Å². The highest BCUT2D eigenvalue weighted by atomic mass is 32.2. The molecule has 0 bridgehead atoms. The summed E-state index contributed by atoms with van der Waals surface area (Å²) in [5, 5.41) is 8.25. The van der Waals surface area contributed by atoms with Crippen molar-refractivity contribution < 1.29 is 9.90 Å². The van der Waals surface area contributed by atoms with Crippen LogP contribution in [0.3, 0.4) is 0 Å². The molecule has 0 fully saturated rings. The Morgan fingerprint density at radius 3 is 2.56 bits per heavy atom. The van der Waals surface area contributed by atoms with Crippen molar-refractivity contribution in [3.63, 3.8) is 0 Å². The smallest absolute Gasteiger partial charge is 0.303 e. The van der Waals surface area contributed by atoms with E-state index in [1.807, 2.05) is 11.8 Å². The van der Waals surface area contributed by atoms with Gasteiger partial charge in [-0.15, -0.1) is 11.8 Å². The molecule has 2 aliphatic rings. The van der Waals surface area contributed by atoms with Crippen LogP contribution in [0.15, 0.2) is 53.5 Å². The van der Waals surface area contributed by atoms with Crippen LogP contribution in [0.2, 0.25) is 0 Å². The molecule has 0 spiro atoms. The summed E-state index contributed by atoms with van der Waals surface area (Å²) in [4.78, 5) is 15.6. The monoisotopic (exact) mass is 360 g/mol. The largest absolute Gasteiger partial charge is 0.481 e. The van der Waals surface area contributed by atoms with E-state index in [1.165, 1.54) is 10.6 Å². The van der Waals surface area contributed by atoms with Gasteiger partial charge in [0.15, 0.2) is 0 Å². The van der Waals surface area contributed by atoms with Crippen molar-refractivity contribution in [3.05, 3.63) is 48.6 Å². The maximum absolute atomic E-state index is 9.37. The Morgan fingerprint density at radius 2 is 1.92 bits per heavy atom. The lowest BCUT2D eigenvalue weighted by atomic mass is 10.0. The van der Waals surface area contributed by atoms with Crippen molar-refractivity contribution in [1.29, 1.82) is 0 Å². The highest BCUT2D eigenvalue weighted by Gasteiger charge is 2.33. The zero-order chi connectivity index (χ0) is 18.4. The molecule has 25 heavy (non-hydrogen) atoms. The maximum Gasteiger partial charge on any atom is 0.303 e. The van der Waals surface area contributed by atoms with Gasteiger partial charge < -0.3 is 14.9 Å². The molecule has 1 heterocycles. The van der Waals surface area contributed by atoms with E-state index in [2.05, 4.69) is 79.4 Å². The van der Waals surface area contributed by atoms with Gasteiger partial charge in [0.1, 0.15) is 0 Å². The van der Waals surface area contributed by atoms with Crippen LogP contribution in [0.1, 0.15) is 20.3 Å². The topological polar surface area (TPSA) is 43.8 Å². The summed E-state index contributed by atoms with van der Waals surface area (Å²) in [6.45, 7) is 4.95. The fraction of sp³-hybridized carbons (Fsp3) is 0.450. The van der Waals surface area contributed by atoms with Gasteiger partial charge in [-0.3, -0.25) is 4.79 Å². The Morgan fingerprint density at radius 1 is 1.28 bits per heavy atom. The second-order valence-corrected chi connectivity index (χ2v) is 7.74. The lowest BCUT2D eigenvalue weighted by Gasteiger charge is -2.43. The van der Waals surface area contributed by atoms with Crippen molar-refractivity contribution in [3.8, 4) is 0 Å². The Labute approximate surface area is 155 Å². The molecular weight excluding hydrogens is 332 g/mol. The fourth-order valence-electron chi connectivity index (χ4n) is 2.73. The predicted octanol–water partition coefficient (Wildman–Crippen LogP) is 3.89. The Balaban J connectivity index is 0.000000399. The van der Waals surface area contributed by atoms with Gasteiger partial charge in [-0.1, -0.05) is 43.4 Å². The number of nitrogens with zero attached hydrogens (tertiary/aromatic N) is 2. The summed E-state index contributed by atoms with van der Waals surface area (Å²) in [6, 6.07) is 9.80. The molecule has 4 nitrogen and oxygen atoms in total. The molecular formula is C20H28N2O2S. The third-order valence-electron chi connectivity index (χ3n) is 4.50. The summed E-state index contributed by atoms with van der Waals surface area (Å²) in [6.07, 6.45) is 9.26. The number of fused-ring (bicyclic) bond motifs is 2. The Hall–Kier alpha value is -1.72. The first kappa shape index (κ1) is 19.6. The van der Waals surface area contributed by atoms with Crippen LogP contribution < -0.4 is 4.90 Å². The molecule has 3 unspecified atom stereocenters. The minimum Gasteiger partial charge on any atom is -0.481 e. The molecule has 136 valence electrons. The highest BCUT2D eigenvalue weighted by Crippen LogP contribution is 2.43. The summed E-state index contributed by atoms with van der Waals surface area (Å²) < 4.78 is 0. The molecule has 3 atom stereocenters. The van der Waals surface area contributed by atoms with Crippen LogP contribution in [0, 0.1) is 0 Å². The maximum atomic E-state index is 9.37. The summed E-state index contributed by atoms with van der Waals surface area (Å²) in [5.74, 6) is -0.745. The molecule has 1 N–H and O–H groups in total. The van der Waals surface area contributed by atoms with Crippen LogP contribution >= 0.6 is 11.8 Å². The number of aliphatic carboxylic acids is 1. The van der Waals surface area contributed by atoms with Gasteiger partial charge in [-0.2, -0.15) is 0 Å². The number of benzene rings is 1. The zero-order valence-corrected chi connectivity index (χ0v) is 16.2. The first-order chi connectivity index (χ1) is 11.9. The normalized spacial score (nSPS) is 21.9. The number of rotatable bonds is 4. The first-order valence-electron chi connectivity index (χ1n) is 8.69. The predicted molar refractivity (Wildman–Crippen MR) is 107 cm³/mol. The van der Waals surface area contributed by atoms with E-state index in [0.29, 0.717) is 17.3 Å². The van der Waals surface area contributed by atoms with Gasteiger partial charge in [0.05, 0.1) is 17.0 Å². The average Bonchev–Trinajstić information content (AvgIpc) is 2.61. The Bertz CT molecular complexity index is 642. The van der Waals surface area contributed by atoms with Crippen LogP contribution in [0.25, 0.3) is 0 Å². The molecule has 0 aromatic heterocycles. The van der Waals surface area contributed by atoms with Crippen LogP contribution in [-0.4, -0.2) is 53.9 Å². The number of anilines is 1. The van der Waals surface area contributed by atoms with Crippen LogP contribution in [0.4, 0.5) is 5.69 Å². The van der Waals surface area contributed by atoms with Crippen molar-refractivity contribution in [1.82, 2.24) is 4.90 Å². The number of carboxylic acid groups (broad SMARTS) is 1. The molecule has 1 aromatic carbocycles. The van der Waals surface area contributed by atoms with Crippen molar-refractivity contribution in [2.75, 3.05) is 25.5 Å². The molecule has 1 aliphatic carbocycles. The van der Waals surface area contributed by atoms with E-state index in [4.69, 9.17) is 5.11 Å². The first-order valence-corrected chi connectivity index (χ1v) is 9.57. The van der Waals surface area contributed by atoms with E-state index in [-0.39, 0.29) is 6.42 Å². The number of hydrogen-bond acceptors (Lipinski definition) is 4. The van der Waals surface area contributed by atoms with Gasteiger partial charge in [0.25, 0.3) is 0 Å². The van der Waals surface area contributed by atoms with Crippen LogP contribution in [0.5, 0.6) is 0 Å². The van der Waals surface area contributed by atoms with Crippen LogP contribution in [-0.2, 0) is 4.79 Å². The summed E-state index contributed by atoms with van der Waals surface area (Å²) in [7, 11) is 4.31. The standard InChI is InChI=1S/C17H22N2S.C3H6O2/c1-13(18(2)3)12-19-14-8-4-6-10-16(14)20-17-11-7-5-9-15(17)19;1-2-3(4)5/h4-11,13-14,16H,12H2,1-3H3;2H2,1H3,(H,4,5). The van der Waals surface area contributed by atoms with E-state index < -0.39 is 5.97 Å². The number of likely N-dealkylation sites (N-methyl/N-ethyl adjacent to an activating group) is 1. The van der Waals surface area contributed by atoms with Gasteiger partial charge in [-0.05, 0) is 33.2 Å². The lowest BCUT2D eigenvalue weighted by Crippen LogP contribution is -2.49. The fourth-order valence-corrected chi connectivity index (χ4v) is 4.04. The number of hydrogen-bond donors (Lipinski definition) is 1. The van der Waals surface area contributed by atoms with E-state index in [0.717, 1.165) is 6.54 Å². The molecule has 1 aromatic rings. The van der Waals surface area contributed by atoms with Gasteiger partial charge in [-0.25, -0.2) is 0 Å². The molecule has 0 amide bonds. The van der Waals surface area contributed by atoms with E-state index in [1.54, 1.807) is 6.92 Å². The molecule has 0 saturated heterocycles. The van der Waals surface area contributed by atoms with E-state index in [9.17, 15) is 4.79 Å². The Kier molecular flexibility index (Phi) is 7.14. The average molecular weight is 361 g/mol. The number of carbonyl (C=O) groups is 1. The third kappa shape index (κ3) is 5.13. The number of allylic oxidation sites excluding steroid dienone is 2. The second kappa shape index (κ2) is 9.11. The van der Waals surface area contributed by atoms with Gasteiger partial charge in [0, 0.05) is 23.9 Å². The molecule has 1 aliphatic heterocycles. The van der Waals surface area contributed by atoms with Crippen molar-refractivity contribution in [2.24, 2.45) is 0 Å². The minimum absolute atomic E-state index is 0.222. The number of carboxylic acids is 1. The third-order valence-corrected chi connectivity index (χ3v) is 5.81. The van der Waals surface area contributed by atoms with Crippen molar-refractivity contribution >= 4 is 23.4 Å². The second-order valence-electron chi connectivity index (χ2n) is 6.52. The molecule has 0 radical (unpaired) electrons. The number of thioether (sulfide) groups is 1. The highest BCUT2D eigenvalue weighted by molar-refractivity contribution is 8.00. The summed E-state index contributed by atoms with van der Waals surface area (Å²) >= 11 is 1.99. The van der Waals surface area contributed by atoms with E-state index >= 15 is 0 Å². The quantitative estimate of drug-likeness (QED) is 0.882. The molecule has 5 heteroatoms. The van der Waals surface area contributed by atoms with Gasteiger partial charge >= 0.3 is 5.97 Å². The molecule has 3 rings (SSSR count). The zero-order valence-electron chi connectivity index (χ0n) is 15.4. The SMILES string of the molecule is CC(CN1c2ccccc2SC2C=CC=CC21)N(C)C.CCC(=O)O. The molecule has 0 saturated carbocycles. The lowest BCUT2D eigenvalue weighted by molar-refractivity contribution is -0.136. The number of para-hydroxylation sites is 1. The summed E-state index contributed by atoms with van der Waals surface area (Å²) in [5.41, 5.74) is 1.38. The minimum atomic E-state index is -0.745. The van der Waals surface area contributed by atoms with Crippen molar-refractivity contribution in [2.45, 2.75) is 42.5 Å².